The summed E-state index contributed by atoms with van der Waals surface area (Å²) < 4.78 is 5.46. The highest BCUT2D eigenvalue weighted by molar-refractivity contribution is 5.47. The summed E-state index contributed by atoms with van der Waals surface area (Å²) in [4.78, 5) is 8.43. The van der Waals surface area contributed by atoms with E-state index in [0.717, 1.165) is 30.8 Å². The van der Waals surface area contributed by atoms with Crippen molar-refractivity contribution in [3.63, 3.8) is 0 Å². The largest absolute Gasteiger partial charge is 0.387 e. The standard InChI is InChI=1S/C17H22N4O2/c22-15(13-5-2-1-3-6-13)10-18-16-9-17(20-12-19-16)21-14-7-4-8-23-11-14/h1-3,5-6,9,12,14-15,22H,4,7-8,10-11H2,(H2,18,19,20,21)/t14-,15-/m0/s1. The third kappa shape index (κ3) is 4.64. The van der Waals surface area contributed by atoms with Gasteiger partial charge in [0.15, 0.2) is 0 Å². The van der Waals surface area contributed by atoms with Gasteiger partial charge in [0, 0.05) is 19.2 Å². The molecule has 2 heterocycles. The van der Waals surface area contributed by atoms with Crippen molar-refractivity contribution in [1.29, 1.82) is 0 Å². The van der Waals surface area contributed by atoms with Gasteiger partial charge in [-0.2, -0.15) is 0 Å². The Bertz CT molecular complexity index is 603. The molecule has 2 aromatic rings. The predicted octanol–water partition coefficient (Wildman–Crippen LogP) is 2.21. The van der Waals surface area contributed by atoms with Crippen LogP contribution in [0.5, 0.6) is 0 Å². The van der Waals surface area contributed by atoms with Crippen molar-refractivity contribution < 1.29 is 9.84 Å². The van der Waals surface area contributed by atoms with Gasteiger partial charge in [0.2, 0.25) is 0 Å². The fourth-order valence-electron chi connectivity index (χ4n) is 2.59. The molecule has 1 fully saturated rings. The molecule has 0 amide bonds. The smallest absolute Gasteiger partial charge is 0.131 e. The van der Waals surface area contributed by atoms with Crippen LogP contribution in [0.1, 0.15) is 24.5 Å². The van der Waals surface area contributed by atoms with Gasteiger partial charge in [0.05, 0.1) is 18.8 Å². The van der Waals surface area contributed by atoms with Crippen LogP contribution < -0.4 is 10.6 Å². The zero-order chi connectivity index (χ0) is 15.9. The molecule has 1 aliphatic rings. The van der Waals surface area contributed by atoms with Crippen molar-refractivity contribution in [2.75, 3.05) is 30.4 Å². The molecule has 6 heteroatoms. The lowest BCUT2D eigenvalue weighted by atomic mass is 10.1. The Hall–Kier alpha value is -2.18. The van der Waals surface area contributed by atoms with Crippen LogP contribution in [0.25, 0.3) is 0 Å². The monoisotopic (exact) mass is 314 g/mol. The topological polar surface area (TPSA) is 79.3 Å². The van der Waals surface area contributed by atoms with Crippen LogP contribution in [0, 0.1) is 0 Å². The average Bonchev–Trinajstić information content (AvgIpc) is 2.62. The molecule has 0 unspecified atom stereocenters. The average molecular weight is 314 g/mol. The molecule has 122 valence electrons. The van der Waals surface area contributed by atoms with E-state index >= 15 is 0 Å². The van der Waals surface area contributed by atoms with Crippen molar-refractivity contribution in [1.82, 2.24) is 9.97 Å². The summed E-state index contributed by atoms with van der Waals surface area (Å²) in [6.07, 6.45) is 3.09. The molecule has 0 saturated carbocycles. The molecule has 3 N–H and O–H groups in total. The maximum Gasteiger partial charge on any atom is 0.131 e. The molecular formula is C17H22N4O2. The van der Waals surface area contributed by atoms with Gasteiger partial charge < -0.3 is 20.5 Å². The van der Waals surface area contributed by atoms with Crippen LogP contribution in [0.3, 0.4) is 0 Å². The first kappa shape index (κ1) is 15.7. The van der Waals surface area contributed by atoms with Crippen molar-refractivity contribution in [3.05, 3.63) is 48.3 Å². The van der Waals surface area contributed by atoms with Crippen molar-refractivity contribution in [3.8, 4) is 0 Å². The summed E-state index contributed by atoms with van der Waals surface area (Å²) in [5.74, 6) is 1.46. The van der Waals surface area contributed by atoms with E-state index in [9.17, 15) is 5.11 Å². The maximum absolute atomic E-state index is 10.2. The molecule has 1 saturated heterocycles. The van der Waals surface area contributed by atoms with Gasteiger partial charge in [-0.3, -0.25) is 0 Å². The van der Waals surface area contributed by atoms with Crippen LogP contribution in [-0.4, -0.2) is 40.9 Å². The molecule has 23 heavy (non-hydrogen) atoms. The lowest BCUT2D eigenvalue weighted by molar-refractivity contribution is 0.0875. The summed E-state index contributed by atoms with van der Waals surface area (Å²) in [7, 11) is 0. The molecule has 1 aromatic heterocycles. The Balaban J connectivity index is 1.55. The Morgan fingerprint density at radius 1 is 1.22 bits per heavy atom. The minimum atomic E-state index is -0.575. The van der Waals surface area contributed by atoms with Crippen LogP contribution in [0.2, 0.25) is 0 Å². The van der Waals surface area contributed by atoms with E-state index in [-0.39, 0.29) is 0 Å². The SMILES string of the molecule is O[C@@H](CNc1cc(N[C@H]2CCCOC2)ncn1)c1ccccc1. The summed E-state index contributed by atoms with van der Waals surface area (Å²) in [6.45, 7) is 1.94. The number of aromatic nitrogens is 2. The zero-order valence-corrected chi connectivity index (χ0v) is 13.0. The third-order valence-electron chi connectivity index (χ3n) is 3.84. The molecule has 0 radical (unpaired) electrons. The first-order valence-electron chi connectivity index (χ1n) is 7.94. The number of benzene rings is 1. The third-order valence-corrected chi connectivity index (χ3v) is 3.84. The first-order chi connectivity index (χ1) is 11.3. The molecular weight excluding hydrogens is 292 g/mol. The second-order valence-corrected chi connectivity index (χ2v) is 5.65. The van der Waals surface area contributed by atoms with E-state index in [1.165, 1.54) is 6.33 Å². The molecule has 2 atom stereocenters. The van der Waals surface area contributed by atoms with Crippen LogP contribution in [-0.2, 0) is 4.74 Å². The number of ether oxygens (including phenoxy) is 1. The number of aliphatic hydroxyl groups excluding tert-OH is 1. The number of hydrogen-bond donors (Lipinski definition) is 3. The molecule has 1 aromatic carbocycles. The van der Waals surface area contributed by atoms with Gasteiger partial charge in [-0.25, -0.2) is 9.97 Å². The van der Waals surface area contributed by atoms with Gasteiger partial charge in [0.1, 0.15) is 18.0 Å². The van der Waals surface area contributed by atoms with E-state index in [0.29, 0.717) is 25.0 Å². The number of aliphatic hydroxyl groups is 1. The minimum Gasteiger partial charge on any atom is -0.387 e. The normalized spacial score (nSPS) is 19.1. The van der Waals surface area contributed by atoms with Gasteiger partial charge in [0.25, 0.3) is 0 Å². The second-order valence-electron chi connectivity index (χ2n) is 5.65. The molecule has 1 aliphatic heterocycles. The van der Waals surface area contributed by atoms with E-state index < -0.39 is 6.10 Å². The fourth-order valence-corrected chi connectivity index (χ4v) is 2.59. The number of hydrogen-bond acceptors (Lipinski definition) is 6. The van der Waals surface area contributed by atoms with E-state index in [1.807, 2.05) is 36.4 Å². The van der Waals surface area contributed by atoms with E-state index in [2.05, 4.69) is 20.6 Å². The number of anilines is 2. The molecule has 0 bridgehead atoms. The molecule has 0 aliphatic carbocycles. The van der Waals surface area contributed by atoms with E-state index in [4.69, 9.17) is 4.74 Å². The summed E-state index contributed by atoms with van der Waals surface area (Å²) >= 11 is 0. The van der Waals surface area contributed by atoms with Crippen LogP contribution in [0.4, 0.5) is 11.6 Å². The Labute approximate surface area is 135 Å². The molecule has 0 spiro atoms. The van der Waals surface area contributed by atoms with Crippen LogP contribution >= 0.6 is 0 Å². The Morgan fingerprint density at radius 2 is 2.04 bits per heavy atom. The van der Waals surface area contributed by atoms with Crippen LogP contribution in [0.15, 0.2) is 42.7 Å². The van der Waals surface area contributed by atoms with Crippen molar-refractivity contribution >= 4 is 11.6 Å². The van der Waals surface area contributed by atoms with Gasteiger partial charge in [-0.05, 0) is 18.4 Å². The number of nitrogens with zero attached hydrogens (tertiary/aromatic N) is 2. The maximum atomic E-state index is 10.2. The van der Waals surface area contributed by atoms with Gasteiger partial charge in [-0.15, -0.1) is 0 Å². The summed E-state index contributed by atoms with van der Waals surface area (Å²) in [5, 5.41) is 16.7. The quantitative estimate of drug-likeness (QED) is 0.759. The highest BCUT2D eigenvalue weighted by Crippen LogP contribution is 2.16. The van der Waals surface area contributed by atoms with Gasteiger partial charge in [-0.1, -0.05) is 30.3 Å². The molecule has 3 rings (SSSR count). The van der Waals surface area contributed by atoms with E-state index in [1.54, 1.807) is 0 Å². The first-order valence-corrected chi connectivity index (χ1v) is 7.94. The number of rotatable bonds is 6. The predicted molar refractivity (Wildman–Crippen MR) is 89.4 cm³/mol. The van der Waals surface area contributed by atoms with Gasteiger partial charge >= 0.3 is 0 Å². The zero-order valence-electron chi connectivity index (χ0n) is 13.0. The van der Waals surface area contributed by atoms with Crippen molar-refractivity contribution in [2.24, 2.45) is 0 Å². The van der Waals surface area contributed by atoms with Crippen molar-refractivity contribution in [2.45, 2.75) is 25.0 Å². The lowest BCUT2D eigenvalue weighted by Crippen LogP contribution is -2.30. The number of nitrogens with one attached hydrogen (secondary N) is 2. The minimum absolute atomic E-state index is 0.293. The Kier molecular flexibility index (Phi) is 5.39. The summed E-state index contributed by atoms with van der Waals surface area (Å²) in [6, 6.07) is 11.7. The summed E-state index contributed by atoms with van der Waals surface area (Å²) in [5.41, 5.74) is 0.881. The highest BCUT2D eigenvalue weighted by Gasteiger charge is 2.14. The fraction of sp³-hybridized carbons (Fsp3) is 0.412. The Morgan fingerprint density at radius 3 is 2.83 bits per heavy atom. The second kappa shape index (κ2) is 7.89. The highest BCUT2D eigenvalue weighted by atomic mass is 16.5. The molecule has 6 nitrogen and oxygen atoms in total. The lowest BCUT2D eigenvalue weighted by Gasteiger charge is -2.23.